The lowest BCUT2D eigenvalue weighted by molar-refractivity contribution is 0.0594. The fourth-order valence-electron chi connectivity index (χ4n) is 4.92. The van der Waals surface area contributed by atoms with Crippen molar-refractivity contribution in [2.24, 2.45) is 0 Å². The number of benzene rings is 2. The topological polar surface area (TPSA) is 82.1 Å². The lowest BCUT2D eigenvalue weighted by Gasteiger charge is -2.39. The van der Waals surface area contributed by atoms with Gasteiger partial charge in [0.1, 0.15) is 0 Å². The molecule has 0 radical (unpaired) electrons. The monoisotopic (exact) mass is 445 g/mol. The molecule has 2 atom stereocenters. The molecule has 0 aromatic heterocycles. The van der Waals surface area contributed by atoms with E-state index >= 15 is 0 Å². The number of carbonyl (C=O) groups is 1. The van der Waals surface area contributed by atoms with Crippen LogP contribution in [0.5, 0.6) is 17.2 Å². The van der Waals surface area contributed by atoms with Crippen molar-refractivity contribution in [3.05, 3.63) is 48.0 Å². The van der Waals surface area contributed by atoms with E-state index in [0.717, 1.165) is 12.8 Å². The van der Waals surface area contributed by atoms with Crippen LogP contribution >= 0.6 is 0 Å². The van der Waals surface area contributed by atoms with Crippen molar-refractivity contribution in [2.75, 3.05) is 21.3 Å². The van der Waals surface area contributed by atoms with E-state index in [-0.39, 0.29) is 18.0 Å². The first-order valence-corrected chi connectivity index (χ1v) is 11.9. The molecule has 8 heteroatoms. The van der Waals surface area contributed by atoms with Crippen LogP contribution in [0.15, 0.2) is 47.4 Å². The minimum Gasteiger partial charge on any atom is -0.493 e. The normalized spacial score (nSPS) is 22.8. The van der Waals surface area contributed by atoms with Crippen LogP contribution in [0.3, 0.4) is 0 Å². The zero-order valence-electron chi connectivity index (χ0n) is 17.9. The molecule has 2 heterocycles. The predicted molar refractivity (Wildman–Crippen MR) is 116 cm³/mol. The van der Waals surface area contributed by atoms with Crippen LogP contribution in [0.25, 0.3) is 0 Å². The number of amides is 1. The largest absolute Gasteiger partial charge is 0.493 e. The Morgan fingerprint density at radius 1 is 0.871 bits per heavy atom. The van der Waals surface area contributed by atoms with Gasteiger partial charge in [0, 0.05) is 12.1 Å². The van der Waals surface area contributed by atoms with Gasteiger partial charge in [-0.1, -0.05) is 18.2 Å². The minimum absolute atomic E-state index is 0.118. The lowest BCUT2D eigenvalue weighted by Crippen LogP contribution is -2.49. The highest BCUT2D eigenvalue weighted by Crippen LogP contribution is 2.44. The summed E-state index contributed by atoms with van der Waals surface area (Å²) in [7, 11) is 1.08. The van der Waals surface area contributed by atoms with E-state index in [9.17, 15) is 13.2 Å². The van der Waals surface area contributed by atoms with Crippen molar-refractivity contribution in [3.8, 4) is 17.2 Å². The van der Waals surface area contributed by atoms with Gasteiger partial charge in [-0.15, -0.1) is 0 Å². The molecule has 2 aliphatic rings. The van der Waals surface area contributed by atoms with Gasteiger partial charge < -0.3 is 19.1 Å². The molecule has 31 heavy (non-hydrogen) atoms. The van der Waals surface area contributed by atoms with Gasteiger partial charge in [-0.05, 0) is 49.9 Å². The van der Waals surface area contributed by atoms with Gasteiger partial charge >= 0.3 is 0 Å². The molecule has 0 aliphatic carbocycles. The molecule has 2 aromatic carbocycles. The van der Waals surface area contributed by atoms with Crippen molar-refractivity contribution in [1.29, 1.82) is 0 Å². The van der Waals surface area contributed by atoms with Crippen LogP contribution in [0, 0.1) is 0 Å². The Morgan fingerprint density at radius 3 is 2.03 bits per heavy atom. The molecule has 2 aliphatic heterocycles. The highest BCUT2D eigenvalue weighted by atomic mass is 32.2. The smallest absolute Gasteiger partial charge is 0.258 e. The minimum atomic E-state index is -3.43. The number of hydrogen-bond donors (Lipinski definition) is 0. The summed E-state index contributed by atoms with van der Waals surface area (Å²) in [6, 6.07) is 11.7. The van der Waals surface area contributed by atoms with Gasteiger partial charge in [-0.25, -0.2) is 8.42 Å². The highest BCUT2D eigenvalue weighted by molar-refractivity contribution is 7.92. The zero-order chi connectivity index (χ0) is 22.2. The number of hydrogen-bond acceptors (Lipinski definition) is 6. The van der Waals surface area contributed by atoms with Gasteiger partial charge in [-0.3, -0.25) is 4.79 Å². The number of ether oxygens (including phenoxy) is 3. The Kier molecular flexibility index (Phi) is 5.83. The van der Waals surface area contributed by atoms with E-state index in [1.165, 1.54) is 21.3 Å². The summed E-state index contributed by atoms with van der Waals surface area (Å²) in [5.74, 6) is 1.00. The molecule has 0 N–H and O–H groups in total. The maximum Gasteiger partial charge on any atom is 0.258 e. The molecule has 2 aromatic rings. The summed E-state index contributed by atoms with van der Waals surface area (Å²) in [5, 5.41) is -0.483. The number of methoxy groups -OCH3 is 3. The molecule has 0 saturated carbocycles. The Bertz CT molecular complexity index is 1050. The van der Waals surface area contributed by atoms with E-state index < -0.39 is 15.1 Å². The van der Waals surface area contributed by atoms with E-state index in [2.05, 4.69) is 0 Å². The first-order chi connectivity index (χ1) is 14.9. The number of sulfone groups is 1. The summed E-state index contributed by atoms with van der Waals surface area (Å²) >= 11 is 0. The number of nitrogens with zero attached hydrogens (tertiary/aromatic N) is 1. The Hall–Kier alpha value is -2.74. The average Bonchev–Trinajstić information content (AvgIpc) is 3.06. The first kappa shape index (κ1) is 21.5. The van der Waals surface area contributed by atoms with Gasteiger partial charge in [0.2, 0.25) is 5.75 Å². The number of rotatable bonds is 6. The maximum atomic E-state index is 13.5. The second-order valence-corrected chi connectivity index (χ2v) is 10.2. The molecule has 2 bridgehead atoms. The Morgan fingerprint density at radius 2 is 1.48 bits per heavy atom. The predicted octanol–water partition coefficient (Wildman–Crippen LogP) is 3.32. The molecule has 7 nitrogen and oxygen atoms in total. The third kappa shape index (κ3) is 3.63. The SMILES string of the molecule is COc1ccc(C(=O)N2C3CCC2CC(S(=O)(=O)c2ccccc2)C3)c(OC)c1OC. The van der Waals surface area contributed by atoms with Gasteiger partial charge in [0.25, 0.3) is 5.91 Å². The molecule has 166 valence electrons. The van der Waals surface area contributed by atoms with Gasteiger partial charge in [-0.2, -0.15) is 0 Å². The molecular formula is C23H27NO6S. The van der Waals surface area contributed by atoms with Crippen molar-refractivity contribution in [2.45, 2.75) is 47.9 Å². The van der Waals surface area contributed by atoms with Gasteiger partial charge in [0.05, 0.1) is 37.0 Å². The van der Waals surface area contributed by atoms with Gasteiger partial charge in [0.15, 0.2) is 21.3 Å². The zero-order valence-corrected chi connectivity index (χ0v) is 18.7. The molecule has 2 fully saturated rings. The van der Waals surface area contributed by atoms with Crippen LogP contribution in [0.2, 0.25) is 0 Å². The molecule has 1 amide bonds. The highest BCUT2D eigenvalue weighted by Gasteiger charge is 2.47. The fraction of sp³-hybridized carbons (Fsp3) is 0.435. The molecule has 0 spiro atoms. The second kappa shape index (κ2) is 8.42. The summed E-state index contributed by atoms with van der Waals surface area (Å²) in [4.78, 5) is 15.7. The molecule has 2 saturated heterocycles. The standard InChI is InChI=1S/C23H27NO6S/c1-28-20-12-11-19(21(29-2)22(20)30-3)23(25)24-15-9-10-16(24)14-18(13-15)31(26,27)17-7-5-4-6-8-17/h4-8,11-12,15-16,18H,9-10,13-14H2,1-3H3. The summed E-state index contributed by atoms with van der Waals surface area (Å²) in [5.41, 5.74) is 0.390. The van der Waals surface area contributed by atoms with E-state index in [1.54, 1.807) is 42.5 Å². The van der Waals surface area contributed by atoms with Crippen LogP contribution < -0.4 is 14.2 Å². The number of carbonyl (C=O) groups excluding carboxylic acids is 1. The van der Waals surface area contributed by atoms with Crippen LogP contribution in [0.4, 0.5) is 0 Å². The first-order valence-electron chi connectivity index (χ1n) is 10.3. The second-order valence-electron chi connectivity index (χ2n) is 7.93. The van der Waals surface area contributed by atoms with Crippen molar-refractivity contribution in [1.82, 2.24) is 4.90 Å². The molecule has 4 rings (SSSR count). The Balaban J connectivity index is 1.62. The summed E-state index contributed by atoms with van der Waals surface area (Å²) in [6.45, 7) is 0. The van der Waals surface area contributed by atoms with E-state index in [4.69, 9.17) is 14.2 Å². The van der Waals surface area contributed by atoms with Crippen molar-refractivity contribution >= 4 is 15.7 Å². The fourth-order valence-corrected chi connectivity index (χ4v) is 6.80. The summed E-state index contributed by atoms with van der Waals surface area (Å²) in [6.07, 6.45) is 2.48. The maximum absolute atomic E-state index is 13.5. The third-order valence-corrected chi connectivity index (χ3v) is 8.56. The van der Waals surface area contributed by atoms with E-state index in [0.29, 0.717) is 40.5 Å². The van der Waals surface area contributed by atoms with Crippen LogP contribution in [0.1, 0.15) is 36.0 Å². The quantitative estimate of drug-likeness (QED) is 0.678. The number of fused-ring (bicyclic) bond motifs is 2. The lowest BCUT2D eigenvalue weighted by atomic mass is 10.00. The number of piperidine rings is 1. The average molecular weight is 446 g/mol. The van der Waals surface area contributed by atoms with Crippen molar-refractivity contribution in [3.63, 3.8) is 0 Å². The van der Waals surface area contributed by atoms with Crippen LogP contribution in [-0.4, -0.2) is 57.9 Å². The molecule has 2 unspecified atom stereocenters. The van der Waals surface area contributed by atoms with Crippen molar-refractivity contribution < 1.29 is 27.4 Å². The molecular weight excluding hydrogens is 418 g/mol. The van der Waals surface area contributed by atoms with Crippen LogP contribution in [-0.2, 0) is 9.84 Å². The third-order valence-electron chi connectivity index (χ3n) is 6.37. The Labute approximate surface area is 182 Å². The van der Waals surface area contributed by atoms with E-state index in [1.807, 2.05) is 4.90 Å². The summed E-state index contributed by atoms with van der Waals surface area (Å²) < 4.78 is 42.5.